The second kappa shape index (κ2) is 6.53. The maximum Gasteiger partial charge on any atom is 0.0641 e. The fourth-order valence-corrected chi connectivity index (χ4v) is 3.14. The van der Waals surface area contributed by atoms with E-state index in [0.717, 1.165) is 12.2 Å². The van der Waals surface area contributed by atoms with E-state index in [9.17, 15) is 0 Å². The number of hydrogen-bond acceptors (Lipinski definition) is 3. The molecule has 1 aliphatic heterocycles. The third-order valence-corrected chi connectivity index (χ3v) is 4.03. The van der Waals surface area contributed by atoms with Gasteiger partial charge in [-0.25, -0.2) is 0 Å². The van der Waals surface area contributed by atoms with E-state index in [1.807, 2.05) is 11.7 Å². The van der Waals surface area contributed by atoms with Crippen molar-refractivity contribution in [1.82, 2.24) is 20.0 Å². The molecule has 0 bridgehead atoms. The third-order valence-electron chi connectivity index (χ3n) is 4.03. The van der Waals surface area contributed by atoms with Gasteiger partial charge in [-0.1, -0.05) is 6.42 Å². The number of aryl methyl sites for hydroxylation is 2. The fraction of sp³-hybridized carbons (Fsp3) is 0.800. The molecule has 2 atom stereocenters. The van der Waals surface area contributed by atoms with Crippen molar-refractivity contribution < 1.29 is 0 Å². The molecule has 0 aliphatic carbocycles. The van der Waals surface area contributed by atoms with Crippen LogP contribution in [0, 0.1) is 6.92 Å². The first-order valence-electron chi connectivity index (χ1n) is 7.55. The Balaban J connectivity index is 1.84. The van der Waals surface area contributed by atoms with Gasteiger partial charge in [0.05, 0.1) is 5.69 Å². The molecular weight excluding hydrogens is 236 g/mol. The van der Waals surface area contributed by atoms with E-state index in [1.165, 1.54) is 37.9 Å². The van der Waals surface area contributed by atoms with Crippen LogP contribution in [0.5, 0.6) is 0 Å². The zero-order valence-electron chi connectivity index (χ0n) is 12.8. The molecule has 2 heterocycles. The van der Waals surface area contributed by atoms with Crippen molar-refractivity contribution in [2.45, 2.75) is 52.1 Å². The summed E-state index contributed by atoms with van der Waals surface area (Å²) in [5.41, 5.74) is 2.45. The Kier molecular flexibility index (Phi) is 4.99. The van der Waals surface area contributed by atoms with Crippen LogP contribution < -0.4 is 5.32 Å². The maximum absolute atomic E-state index is 4.42. The Hall–Kier alpha value is -0.870. The Labute approximate surface area is 117 Å². The van der Waals surface area contributed by atoms with Crippen LogP contribution in [-0.2, 0) is 7.05 Å². The van der Waals surface area contributed by atoms with Gasteiger partial charge in [0.15, 0.2) is 0 Å². The summed E-state index contributed by atoms with van der Waals surface area (Å²) in [7, 11) is 1.99. The molecular formula is C15H28N4. The number of piperidine rings is 1. The highest BCUT2D eigenvalue weighted by Crippen LogP contribution is 2.16. The average Bonchev–Trinajstić information content (AvgIpc) is 2.69. The van der Waals surface area contributed by atoms with Gasteiger partial charge >= 0.3 is 0 Å². The molecule has 0 amide bonds. The first-order valence-corrected chi connectivity index (χ1v) is 7.55. The van der Waals surface area contributed by atoms with Crippen molar-refractivity contribution in [3.8, 4) is 0 Å². The summed E-state index contributed by atoms with van der Waals surface area (Å²) in [5, 5.41) is 8.12. The van der Waals surface area contributed by atoms with E-state index < -0.39 is 0 Å². The molecule has 19 heavy (non-hydrogen) atoms. The Bertz CT molecular complexity index is 393. The number of rotatable bonds is 5. The van der Waals surface area contributed by atoms with Crippen molar-refractivity contribution >= 4 is 0 Å². The van der Waals surface area contributed by atoms with Gasteiger partial charge in [0.25, 0.3) is 0 Å². The van der Waals surface area contributed by atoms with Gasteiger partial charge < -0.3 is 10.2 Å². The standard InChI is InChI=1S/C15H28N4/c1-12(10-19-8-6-5-7-9-19)16-13(2)15-11-18(4)17-14(15)3/h11-13,16H,5-10H2,1-4H3. The molecule has 1 fully saturated rings. The quantitative estimate of drug-likeness (QED) is 0.885. The molecule has 1 aromatic rings. The second-order valence-corrected chi connectivity index (χ2v) is 5.99. The highest BCUT2D eigenvalue weighted by Gasteiger charge is 2.17. The minimum Gasteiger partial charge on any atom is -0.306 e. The number of hydrogen-bond donors (Lipinski definition) is 1. The molecule has 0 radical (unpaired) electrons. The Morgan fingerprint density at radius 2 is 1.95 bits per heavy atom. The number of nitrogens with one attached hydrogen (secondary N) is 1. The predicted molar refractivity (Wildman–Crippen MR) is 79.2 cm³/mol. The topological polar surface area (TPSA) is 33.1 Å². The zero-order valence-corrected chi connectivity index (χ0v) is 12.8. The van der Waals surface area contributed by atoms with Crippen molar-refractivity contribution in [3.63, 3.8) is 0 Å². The Morgan fingerprint density at radius 1 is 1.26 bits per heavy atom. The van der Waals surface area contributed by atoms with Gasteiger partial charge in [-0.3, -0.25) is 4.68 Å². The zero-order chi connectivity index (χ0) is 13.8. The minimum absolute atomic E-state index is 0.369. The van der Waals surface area contributed by atoms with Crippen LogP contribution >= 0.6 is 0 Å². The molecule has 0 aromatic carbocycles. The van der Waals surface area contributed by atoms with Crippen LogP contribution in [0.3, 0.4) is 0 Å². The van der Waals surface area contributed by atoms with Crippen molar-refractivity contribution in [2.24, 2.45) is 7.05 Å². The van der Waals surface area contributed by atoms with E-state index in [-0.39, 0.29) is 0 Å². The third kappa shape index (κ3) is 4.05. The van der Waals surface area contributed by atoms with Gasteiger partial charge in [-0.2, -0.15) is 5.10 Å². The summed E-state index contributed by atoms with van der Waals surface area (Å²) in [6.07, 6.45) is 6.26. The molecule has 4 nitrogen and oxygen atoms in total. The number of nitrogens with zero attached hydrogens (tertiary/aromatic N) is 3. The number of aromatic nitrogens is 2. The lowest BCUT2D eigenvalue weighted by molar-refractivity contribution is 0.205. The summed E-state index contributed by atoms with van der Waals surface area (Å²) >= 11 is 0. The average molecular weight is 264 g/mol. The highest BCUT2D eigenvalue weighted by molar-refractivity contribution is 5.19. The van der Waals surface area contributed by atoms with Crippen LogP contribution in [0.25, 0.3) is 0 Å². The second-order valence-electron chi connectivity index (χ2n) is 5.99. The van der Waals surface area contributed by atoms with Crippen molar-refractivity contribution in [3.05, 3.63) is 17.5 Å². The lowest BCUT2D eigenvalue weighted by Gasteiger charge is -2.30. The molecule has 2 unspecified atom stereocenters. The molecule has 0 saturated carbocycles. The molecule has 4 heteroatoms. The number of likely N-dealkylation sites (tertiary alicyclic amines) is 1. The summed E-state index contributed by atoms with van der Waals surface area (Å²) in [5.74, 6) is 0. The molecule has 1 aliphatic rings. The molecule has 0 spiro atoms. The summed E-state index contributed by atoms with van der Waals surface area (Å²) < 4.78 is 1.90. The monoisotopic (exact) mass is 264 g/mol. The van der Waals surface area contributed by atoms with E-state index in [0.29, 0.717) is 12.1 Å². The summed E-state index contributed by atoms with van der Waals surface area (Å²) in [4.78, 5) is 2.59. The molecule has 1 saturated heterocycles. The normalized spacial score (nSPS) is 20.4. The van der Waals surface area contributed by atoms with Gasteiger partial charge in [-0.05, 0) is 46.7 Å². The van der Waals surface area contributed by atoms with Crippen LogP contribution in [0.4, 0.5) is 0 Å². The molecule has 1 N–H and O–H groups in total. The minimum atomic E-state index is 0.369. The van der Waals surface area contributed by atoms with Crippen LogP contribution in [0.2, 0.25) is 0 Å². The van der Waals surface area contributed by atoms with Gasteiger partial charge in [0, 0.05) is 37.4 Å². The Morgan fingerprint density at radius 3 is 2.53 bits per heavy atom. The lowest BCUT2D eigenvalue weighted by Crippen LogP contribution is -2.42. The smallest absolute Gasteiger partial charge is 0.0641 e. The van der Waals surface area contributed by atoms with E-state index in [2.05, 4.69) is 42.3 Å². The molecule has 108 valence electrons. The highest BCUT2D eigenvalue weighted by atomic mass is 15.3. The molecule has 1 aromatic heterocycles. The van der Waals surface area contributed by atoms with Crippen molar-refractivity contribution in [2.75, 3.05) is 19.6 Å². The van der Waals surface area contributed by atoms with Gasteiger partial charge in [0.2, 0.25) is 0 Å². The largest absolute Gasteiger partial charge is 0.306 e. The lowest BCUT2D eigenvalue weighted by atomic mass is 10.1. The van der Waals surface area contributed by atoms with E-state index in [4.69, 9.17) is 0 Å². The predicted octanol–water partition coefficient (Wildman–Crippen LogP) is 2.25. The van der Waals surface area contributed by atoms with Crippen molar-refractivity contribution in [1.29, 1.82) is 0 Å². The van der Waals surface area contributed by atoms with E-state index in [1.54, 1.807) is 0 Å². The van der Waals surface area contributed by atoms with Crippen LogP contribution in [0.15, 0.2) is 6.20 Å². The van der Waals surface area contributed by atoms with Gasteiger partial charge in [0.1, 0.15) is 0 Å². The van der Waals surface area contributed by atoms with E-state index >= 15 is 0 Å². The maximum atomic E-state index is 4.42. The summed E-state index contributed by atoms with van der Waals surface area (Å²) in [6.45, 7) is 10.3. The summed E-state index contributed by atoms with van der Waals surface area (Å²) in [6, 6.07) is 0.890. The SMILES string of the molecule is Cc1nn(C)cc1C(C)NC(C)CN1CCCCC1. The van der Waals surface area contributed by atoms with Gasteiger partial charge in [-0.15, -0.1) is 0 Å². The van der Waals surface area contributed by atoms with Crippen LogP contribution in [-0.4, -0.2) is 40.4 Å². The first-order chi connectivity index (χ1) is 9.06. The fourth-order valence-electron chi connectivity index (χ4n) is 3.14. The first kappa shape index (κ1) is 14.5. The molecule has 2 rings (SSSR count). The van der Waals surface area contributed by atoms with Crippen LogP contribution in [0.1, 0.15) is 50.4 Å².